The first-order valence-electron chi connectivity index (χ1n) is 6.60. The van der Waals surface area contributed by atoms with E-state index in [-0.39, 0.29) is 6.61 Å². The molecule has 0 saturated carbocycles. The van der Waals surface area contributed by atoms with Gasteiger partial charge in [-0.3, -0.25) is 5.41 Å². The van der Waals surface area contributed by atoms with Gasteiger partial charge >= 0.3 is 0 Å². The van der Waals surface area contributed by atoms with Crippen molar-refractivity contribution in [3.8, 4) is 22.8 Å². The number of ether oxygens (including phenoxy) is 3. The Kier molecular flexibility index (Phi) is 6.21. The number of benzene rings is 1. The molecule has 130 valence electrons. The summed E-state index contributed by atoms with van der Waals surface area (Å²) >= 11 is 16.7. The van der Waals surface area contributed by atoms with Crippen LogP contribution in [0.1, 0.15) is 5.82 Å². The van der Waals surface area contributed by atoms with Gasteiger partial charge in [0.1, 0.15) is 23.9 Å². The quantitative estimate of drug-likeness (QED) is 0.349. The molecule has 10 heteroatoms. The van der Waals surface area contributed by atoms with E-state index < -0.39 is 9.69 Å². The Bertz CT molecular complexity index is 724. The summed E-state index contributed by atoms with van der Waals surface area (Å²) in [5.74, 6) is 1.37. The molecule has 0 radical (unpaired) electrons. The summed E-state index contributed by atoms with van der Waals surface area (Å²) in [5.41, 5.74) is 1.49. The lowest BCUT2D eigenvalue weighted by Crippen LogP contribution is -2.21. The van der Waals surface area contributed by atoms with E-state index in [2.05, 4.69) is 14.4 Å². The summed E-state index contributed by atoms with van der Waals surface area (Å²) in [6.45, 7) is -0.0165. The van der Waals surface area contributed by atoms with Gasteiger partial charge in [0, 0.05) is 17.8 Å². The Morgan fingerprint density at radius 2 is 1.79 bits per heavy atom. The highest BCUT2D eigenvalue weighted by atomic mass is 35.6. The van der Waals surface area contributed by atoms with Crippen LogP contribution in [0.25, 0.3) is 11.3 Å². The van der Waals surface area contributed by atoms with Crippen LogP contribution in [0.2, 0.25) is 0 Å². The van der Waals surface area contributed by atoms with Crippen molar-refractivity contribution in [2.75, 3.05) is 14.2 Å². The van der Waals surface area contributed by atoms with Crippen LogP contribution >= 0.6 is 44.2 Å². The van der Waals surface area contributed by atoms with Crippen molar-refractivity contribution in [2.24, 2.45) is 0 Å². The topological polar surface area (TPSA) is 69.4 Å². The fraction of sp³-hybridized carbons (Fsp3) is 0.286. The molecular formula is C14H15Cl3N3O3P. The Balaban J connectivity index is 2.24. The molecule has 2 rings (SSSR count). The minimum Gasteiger partial charge on any atom is -0.497 e. The van der Waals surface area contributed by atoms with E-state index in [0.29, 0.717) is 23.0 Å². The number of rotatable bonds is 5. The zero-order chi connectivity index (χ0) is 17.9. The van der Waals surface area contributed by atoms with Gasteiger partial charge in [0.05, 0.1) is 19.9 Å². The predicted molar refractivity (Wildman–Crippen MR) is 98.7 cm³/mol. The number of halogens is 3. The normalized spacial score (nSPS) is 11.2. The highest BCUT2D eigenvalue weighted by Crippen LogP contribution is 2.31. The second-order valence-electron chi connectivity index (χ2n) is 4.67. The van der Waals surface area contributed by atoms with Gasteiger partial charge in [-0.1, -0.05) is 34.8 Å². The summed E-state index contributed by atoms with van der Waals surface area (Å²) in [5, 5.41) is 7.54. The van der Waals surface area contributed by atoms with Gasteiger partial charge in [-0.05, 0) is 21.5 Å². The Labute approximate surface area is 156 Å². The zero-order valence-corrected chi connectivity index (χ0v) is 16.3. The molecular weight excluding hydrogens is 396 g/mol. The third-order valence-electron chi connectivity index (χ3n) is 3.06. The molecule has 1 atom stereocenters. The van der Waals surface area contributed by atoms with E-state index in [1.807, 2.05) is 12.1 Å². The first kappa shape index (κ1) is 19.1. The van der Waals surface area contributed by atoms with Crippen molar-refractivity contribution in [1.82, 2.24) is 9.32 Å². The monoisotopic (exact) mass is 409 g/mol. The molecule has 2 aromatic rings. The lowest BCUT2D eigenvalue weighted by Gasteiger charge is -2.13. The van der Waals surface area contributed by atoms with Gasteiger partial charge in [-0.2, -0.15) is 0 Å². The molecule has 0 aliphatic heterocycles. The van der Waals surface area contributed by atoms with E-state index in [4.69, 9.17) is 54.4 Å². The molecule has 0 spiro atoms. The second kappa shape index (κ2) is 7.79. The molecule has 0 aliphatic rings. The van der Waals surface area contributed by atoms with Gasteiger partial charge in [0.2, 0.25) is 5.90 Å². The number of nitrogens with one attached hydrogen (secondary N) is 1. The van der Waals surface area contributed by atoms with E-state index >= 15 is 0 Å². The summed E-state index contributed by atoms with van der Waals surface area (Å²) in [7, 11) is 5.64. The van der Waals surface area contributed by atoms with Gasteiger partial charge < -0.3 is 18.5 Å². The van der Waals surface area contributed by atoms with E-state index in [1.54, 1.807) is 30.8 Å². The minimum absolute atomic E-state index is 0.0165. The lowest BCUT2D eigenvalue weighted by atomic mass is 10.1. The van der Waals surface area contributed by atoms with Crippen LogP contribution in [0.15, 0.2) is 24.4 Å². The number of nitrogens with zero attached hydrogens (tertiary/aromatic N) is 2. The highest BCUT2D eigenvalue weighted by molar-refractivity contribution is 7.14. The molecule has 1 unspecified atom stereocenters. The average Bonchev–Trinajstić information content (AvgIpc) is 2.92. The fourth-order valence-corrected chi connectivity index (χ4v) is 2.29. The Hall–Kier alpha value is -1.20. The van der Waals surface area contributed by atoms with E-state index in [0.717, 1.165) is 5.56 Å². The van der Waals surface area contributed by atoms with Crippen LogP contribution < -0.4 is 9.47 Å². The standard InChI is InChI=1S/C14H15Cl3N3O3P/c1-21-9-3-8(4-10(5-9)22-2)11-6-20(24)12(19-11)7-23-13(18)14(15,16)17/h3-6,18H,7,24H2,1-2H3. The summed E-state index contributed by atoms with van der Waals surface area (Å²) in [6, 6.07) is 5.45. The summed E-state index contributed by atoms with van der Waals surface area (Å²) < 4.78 is 15.5. The summed E-state index contributed by atoms with van der Waals surface area (Å²) in [4.78, 5) is 4.46. The van der Waals surface area contributed by atoms with Gasteiger partial charge in [0.15, 0.2) is 0 Å². The number of alkyl halides is 3. The first-order valence-corrected chi connectivity index (χ1v) is 8.25. The molecule has 1 aromatic heterocycles. The SMILES string of the molecule is COc1cc(OC)cc(-c2cn(P)c(COC(=N)C(Cl)(Cl)Cl)n2)c1. The number of hydrogen-bond acceptors (Lipinski definition) is 5. The van der Waals surface area contributed by atoms with Crippen LogP contribution in [0, 0.1) is 5.41 Å². The second-order valence-corrected chi connectivity index (χ2v) is 7.50. The van der Waals surface area contributed by atoms with Gasteiger partial charge in [0.25, 0.3) is 3.79 Å². The van der Waals surface area contributed by atoms with E-state index in [9.17, 15) is 0 Å². The van der Waals surface area contributed by atoms with Crippen molar-refractivity contribution in [1.29, 1.82) is 5.41 Å². The van der Waals surface area contributed by atoms with Crippen molar-refractivity contribution in [2.45, 2.75) is 10.4 Å². The third kappa shape index (κ3) is 4.67. The van der Waals surface area contributed by atoms with Crippen LogP contribution in [0.5, 0.6) is 11.5 Å². The fourth-order valence-electron chi connectivity index (χ4n) is 1.85. The number of imidazole rings is 1. The van der Waals surface area contributed by atoms with Crippen LogP contribution in [0.4, 0.5) is 0 Å². The average molecular weight is 411 g/mol. The number of methoxy groups -OCH3 is 2. The maximum Gasteiger partial charge on any atom is 0.265 e. The molecule has 0 bridgehead atoms. The van der Waals surface area contributed by atoms with Crippen molar-refractivity contribution < 1.29 is 14.2 Å². The lowest BCUT2D eigenvalue weighted by molar-refractivity contribution is 0.274. The highest BCUT2D eigenvalue weighted by Gasteiger charge is 2.29. The molecule has 0 amide bonds. The van der Waals surface area contributed by atoms with Gasteiger partial charge in [-0.25, -0.2) is 4.98 Å². The maximum absolute atomic E-state index is 7.54. The number of aromatic nitrogens is 2. The van der Waals surface area contributed by atoms with Crippen molar-refractivity contribution in [3.63, 3.8) is 0 Å². The van der Waals surface area contributed by atoms with Crippen molar-refractivity contribution >= 4 is 50.1 Å². The smallest absolute Gasteiger partial charge is 0.265 e. The molecule has 0 fully saturated rings. The van der Waals surface area contributed by atoms with Gasteiger partial charge in [-0.15, -0.1) is 0 Å². The summed E-state index contributed by atoms with van der Waals surface area (Å²) in [6.07, 6.45) is 1.79. The maximum atomic E-state index is 7.54. The molecule has 1 N–H and O–H groups in total. The molecule has 1 heterocycles. The van der Waals surface area contributed by atoms with Crippen LogP contribution in [0.3, 0.4) is 0 Å². The van der Waals surface area contributed by atoms with Crippen LogP contribution in [-0.4, -0.2) is 33.2 Å². The van der Waals surface area contributed by atoms with E-state index in [1.165, 1.54) is 0 Å². The Morgan fingerprint density at radius 3 is 2.29 bits per heavy atom. The molecule has 0 aliphatic carbocycles. The molecule has 6 nitrogen and oxygen atoms in total. The van der Waals surface area contributed by atoms with Crippen LogP contribution in [-0.2, 0) is 11.3 Å². The minimum atomic E-state index is -1.90. The molecule has 0 saturated heterocycles. The molecule has 24 heavy (non-hydrogen) atoms. The first-order chi connectivity index (χ1) is 11.2. The third-order valence-corrected chi connectivity index (χ3v) is 4.02. The molecule has 1 aromatic carbocycles. The van der Waals surface area contributed by atoms with Crippen molar-refractivity contribution in [3.05, 3.63) is 30.2 Å². The zero-order valence-electron chi connectivity index (χ0n) is 12.8. The number of hydrogen-bond donors (Lipinski definition) is 1. The predicted octanol–water partition coefficient (Wildman–Crippen LogP) is 4.07. The largest absolute Gasteiger partial charge is 0.497 e. The Morgan fingerprint density at radius 1 is 1.21 bits per heavy atom.